The number of hydrazone groups is 1. The van der Waals surface area contributed by atoms with Gasteiger partial charge in [-0.3, -0.25) is 9.59 Å². The minimum Gasteiger partial charge on any atom is -0.492 e. The number of amides is 2. The van der Waals surface area contributed by atoms with Crippen molar-refractivity contribution >= 4 is 34.8 Å². The predicted octanol–water partition coefficient (Wildman–Crippen LogP) is 3.33. The Morgan fingerprint density at radius 1 is 1.22 bits per heavy atom. The second kappa shape index (κ2) is 8.68. The van der Waals surface area contributed by atoms with E-state index in [2.05, 4.69) is 10.4 Å². The summed E-state index contributed by atoms with van der Waals surface area (Å²) in [5, 5.41) is 8.97. The van der Waals surface area contributed by atoms with Gasteiger partial charge in [-0.2, -0.15) is 5.10 Å². The number of nitrogens with one attached hydrogen (secondary N) is 1. The number of carbonyl (C=O) groups excluding carboxylic acids is 2. The Hall–Kier alpha value is -2.86. The van der Waals surface area contributed by atoms with Gasteiger partial charge in [0.2, 0.25) is 5.91 Å². The van der Waals surface area contributed by atoms with Crippen LogP contribution in [0.1, 0.15) is 18.4 Å². The van der Waals surface area contributed by atoms with Gasteiger partial charge >= 0.3 is 0 Å². The topological polar surface area (TPSA) is 71.0 Å². The smallest absolute Gasteiger partial charge is 0.267 e. The van der Waals surface area contributed by atoms with Gasteiger partial charge in [-0.1, -0.05) is 23.7 Å². The second-order valence-corrected chi connectivity index (χ2v) is 6.59. The molecule has 1 aliphatic heterocycles. The maximum Gasteiger partial charge on any atom is 0.267 e. The lowest BCUT2D eigenvalue weighted by molar-refractivity contribution is -0.118. The highest BCUT2D eigenvalue weighted by Crippen LogP contribution is 2.21. The summed E-state index contributed by atoms with van der Waals surface area (Å²) < 4.78 is 5.54. The summed E-state index contributed by atoms with van der Waals surface area (Å²) in [7, 11) is 0. The third kappa shape index (κ3) is 5.08. The van der Waals surface area contributed by atoms with Crippen molar-refractivity contribution in [3.05, 3.63) is 59.1 Å². The molecule has 0 unspecified atom stereocenters. The number of aryl methyl sites for hydroxylation is 1. The fourth-order valence-corrected chi connectivity index (χ4v) is 2.77. The van der Waals surface area contributed by atoms with E-state index in [4.69, 9.17) is 16.3 Å². The molecule has 1 N–H and O–H groups in total. The fraction of sp³-hybridized carbons (Fsp3) is 0.250. The van der Waals surface area contributed by atoms with Crippen LogP contribution in [0.3, 0.4) is 0 Å². The molecular formula is C20H20ClN3O3. The van der Waals surface area contributed by atoms with Gasteiger partial charge in [0.15, 0.2) is 0 Å². The molecule has 2 amide bonds. The van der Waals surface area contributed by atoms with Crippen LogP contribution in [0.5, 0.6) is 5.75 Å². The monoisotopic (exact) mass is 385 g/mol. The molecular weight excluding hydrogens is 366 g/mol. The van der Waals surface area contributed by atoms with Crippen molar-refractivity contribution in [2.75, 3.05) is 18.2 Å². The molecule has 1 aliphatic rings. The highest BCUT2D eigenvalue weighted by atomic mass is 35.5. The zero-order valence-electron chi connectivity index (χ0n) is 14.9. The Bertz CT molecular complexity index is 865. The number of ether oxygens (including phenoxy) is 1. The Kier molecular flexibility index (Phi) is 6.08. The van der Waals surface area contributed by atoms with Crippen LogP contribution in [0.25, 0.3) is 0 Å². The van der Waals surface area contributed by atoms with E-state index in [0.29, 0.717) is 41.7 Å². The van der Waals surface area contributed by atoms with Crippen LogP contribution in [-0.2, 0) is 9.59 Å². The third-order valence-electron chi connectivity index (χ3n) is 4.01. The molecule has 0 aliphatic carbocycles. The molecule has 2 aromatic rings. The van der Waals surface area contributed by atoms with Crippen LogP contribution in [-0.4, -0.2) is 30.7 Å². The van der Waals surface area contributed by atoms with Crippen molar-refractivity contribution in [2.45, 2.75) is 19.8 Å². The van der Waals surface area contributed by atoms with Crippen molar-refractivity contribution in [2.24, 2.45) is 5.10 Å². The predicted molar refractivity (Wildman–Crippen MR) is 105 cm³/mol. The van der Waals surface area contributed by atoms with Crippen LogP contribution < -0.4 is 15.1 Å². The number of carbonyl (C=O) groups is 2. The molecule has 0 fully saturated rings. The van der Waals surface area contributed by atoms with Crippen LogP contribution in [0.2, 0.25) is 5.02 Å². The first-order valence-electron chi connectivity index (χ1n) is 8.66. The molecule has 0 aromatic heterocycles. The van der Waals surface area contributed by atoms with E-state index in [9.17, 15) is 9.59 Å². The molecule has 6 nitrogen and oxygen atoms in total. The second-order valence-electron chi connectivity index (χ2n) is 6.15. The van der Waals surface area contributed by atoms with E-state index in [1.165, 1.54) is 5.01 Å². The van der Waals surface area contributed by atoms with E-state index in [1.807, 2.05) is 25.1 Å². The number of halogens is 1. The van der Waals surface area contributed by atoms with Gasteiger partial charge in [-0.05, 0) is 48.9 Å². The number of hydrogen-bond donors (Lipinski definition) is 1. The highest BCUT2D eigenvalue weighted by Gasteiger charge is 2.25. The van der Waals surface area contributed by atoms with Gasteiger partial charge in [-0.15, -0.1) is 0 Å². The lowest BCUT2D eigenvalue weighted by Crippen LogP contribution is -2.40. The first-order valence-corrected chi connectivity index (χ1v) is 9.04. The number of benzene rings is 2. The average Bonchev–Trinajstić information content (AvgIpc) is 2.67. The molecule has 0 bridgehead atoms. The first-order chi connectivity index (χ1) is 13.0. The Labute approximate surface area is 162 Å². The average molecular weight is 386 g/mol. The Morgan fingerprint density at radius 3 is 2.74 bits per heavy atom. The minimum atomic E-state index is -0.292. The summed E-state index contributed by atoms with van der Waals surface area (Å²) in [6.45, 7) is 2.59. The van der Waals surface area contributed by atoms with E-state index >= 15 is 0 Å². The van der Waals surface area contributed by atoms with Crippen molar-refractivity contribution < 1.29 is 14.3 Å². The molecule has 27 heavy (non-hydrogen) atoms. The molecule has 7 heteroatoms. The molecule has 0 atom stereocenters. The summed E-state index contributed by atoms with van der Waals surface area (Å²) >= 11 is 5.82. The van der Waals surface area contributed by atoms with Crippen LogP contribution in [0.15, 0.2) is 53.6 Å². The van der Waals surface area contributed by atoms with Crippen molar-refractivity contribution in [1.29, 1.82) is 0 Å². The molecule has 0 spiro atoms. The van der Waals surface area contributed by atoms with E-state index in [0.717, 1.165) is 5.56 Å². The fourth-order valence-electron chi connectivity index (χ4n) is 2.64. The van der Waals surface area contributed by atoms with Gasteiger partial charge < -0.3 is 10.1 Å². The summed E-state index contributed by atoms with van der Waals surface area (Å²) in [4.78, 5) is 24.5. The molecule has 2 aromatic carbocycles. The first kappa shape index (κ1) is 18.9. The SMILES string of the molecule is Cc1cccc(N2N=C(C(=O)NCCOc3ccc(Cl)cc3)CCC2=O)c1. The van der Waals surface area contributed by atoms with Crippen molar-refractivity contribution in [3.8, 4) is 5.75 Å². The molecule has 0 saturated heterocycles. The van der Waals surface area contributed by atoms with Crippen molar-refractivity contribution in [1.82, 2.24) is 5.32 Å². The summed E-state index contributed by atoms with van der Waals surface area (Å²) in [5.41, 5.74) is 2.02. The molecule has 3 rings (SSSR count). The lowest BCUT2D eigenvalue weighted by Gasteiger charge is -2.23. The van der Waals surface area contributed by atoms with E-state index in [1.54, 1.807) is 30.3 Å². The van der Waals surface area contributed by atoms with Gasteiger partial charge in [0.1, 0.15) is 18.1 Å². The zero-order chi connectivity index (χ0) is 19.2. The van der Waals surface area contributed by atoms with Crippen molar-refractivity contribution in [3.63, 3.8) is 0 Å². The number of hydrogen-bond acceptors (Lipinski definition) is 4. The summed E-state index contributed by atoms with van der Waals surface area (Å²) in [6.07, 6.45) is 0.576. The third-order valence-corrected chi connectivity index (χ3v) is 4.26. The van der Waals surface area contributed by atoms with E-state index in [-0.39, 0.29) is 18.2 Å². The highest BCUT2D eigenvalue weighted by molar-refractivity contribution is 6.40. The summed E-state index contributed by atoms with van der Waals surface area (Å²) in [6, 6.07) is 14.5. The van der Waals surface area contributed by atoms with Gasteiger partial charge in [0, 0.05) is 17.9 Å². The van der Waals surface area contributed by atoms with Gasteiger partial charge in [0.25, 0.3) is 5.91 Å². The molecule has 0 radical (unpaired) electrons. The largest absolute Gasteiger partial charge is 0.492 e. The number of nitrogens with zero attached hydrogens (tertiary/aromatic N) is 2. The van der Waals surface area contributed by atoms with Gasteiger partial charge in [-0.25, -0.2) is 5.01 Å². The maximum atomic E-state index is 12.4. The number of rotatable bonds is 6. The number of anilines is 1. The molecule has 0 saturated carbocycles. The van der Waals surface area contributed by atoms with Crippen LogP contribution in [0, 0.1) is 6.92 Å². The normalized spacial score (nSPS) is 13.9. The van der Waals surface area contributed by atoms with Crippen LogP contribution in [0.4, 0.5) is 5.69 Å². The van der Waals surface area contributed by atoms with Crippen LogP contribution >= 0.6 is 11.6 Å². The standard InChI is InChI=1S/C20H20ClN3O3/c1-14-3-2-4-16(13-14)24-19(25)10-9-18(23-24)20(26)22-11-12-27-17-7-5-15(21)6-8-17/h2-8,13H,9-12H2,1H3,(H,22,26). The maximum absolute atomic E-state index is 12.4. The Morgan fingerprint density at radius 2 is 2.00 bits per heavy atom. The molecule has 140 valence electrons. The molecule has 1 heterocycles. The Balaban J connectivity index is 1.56. The minimum absolute atomic E-state index is 0.122. The quantitative estimate of drug-likeness (QED) is 0.775. The van der Waals surface area contributed by atoms with Gasteiger partial charge in [0.05, 0.1) is 12.2 Å². The summed E-state index contributed by atoms with van der Waals surface area (Å²) in [5.74, 6) is 0.267. The zero-order valence-corrected chi connectivity index (χ0v) is 15.7. The lowest BCUT2D eigenvalue weighted by atomic mass is 10.1. The van der Waals surface area contributed by atoms with E-state index < -0.39 is 0 Å².